The van der Waals surface area contributed by atoms with Crippen LogP contribution in [0.1, 0.15) is 55.0 Å². The van der Waals surface area contributed by atoms with E-state index in [1.54, 1.807) is 13.4 Å². The molecule has 3 heterocycles. The fraction of sp³-hybridized carbons (Fsp3) is 0.333. The van der Waals surface area contributed by atoms with E-state index < -0.39 is 0 Å². The lowest BCUT2D eigenvalue weighted by Crippen LogP contribution is -2.49. The Hall–Kier alpha value is -3.41. The lowest BCUT2D eigenvalue weighted by atomic mass is 9.84. The number of carbonyl (C=O) groups excluding carboxylic acids is 1. The second-order valence-corrected chi connectivity index (χ2v) is 8.93. The molecule has 2 aromatic carbocycles. The molecule has 0 spiro atoms. The first-order valence-electron chi connectivity index (χ1n) is 11.5. The summed E-state index contributed by atoms with van der Waals surface area (Å²) in [6.45, 7) is 1.95. The molecular weight excluding hydrogens is 417 g/mol. The summed E-state index contributed by atoms with van der Waals surface area (Å²) in [7, 11) is 1.65. The lowest BCUT2D eigenvalue weighted by Gasteiger charge is -2.46. The molecule has 1 aromatic heterocycles. The second-order valence-electron chi connectivity index (χ2n) is 8.93. The summed E-state index contributed by atoms with van der Waals surface area (Å²) in [5.74, 6) is 0.568. The number of fused-ring (bicyclic) bond motifs is 1. The average molecular weight is 446 g/mol. The van der Waals surface area contributed by atoms with Crippen LogP contribution in [-0.4, -0.2) is 33.5 Å². The van der Waals surface area contributed by atoms with E-state index in [0.29, 0.717) is 0 Å². The number of aromatic nitrogens is 2. The predicted octanol–water partition coefficient (Wildman–Crippen LogP) is 5.63. The molecule has 2 atom stereocenters. The Balaban J connectivity index is 1.44. The topological polar surface area (TPSA) is 47.4 Å². The first-order chi connectivity index (χ1) is 16.0. The summed E-state index contributed by atoms with van der Waals surface area (Å²) in [6.07, 6.45) is 10.5. The molecular formula is C27H28FN3O2. The van der Waals surface area contributed by atoms with Crippen LogP contribution in [0, 0.1) is 12.7 Å². The fourth-order valence-corrected chi connectivity index (χ4v) is 5.16. The highest BCUT2D eigenvalue weighted by Crippen LogP contribution is 2.41. The van der Waals surface area contributed by atoms with Crippen LogP contribution < -0.4 is 4.74 Å². The number of rotatable bonds is 4. The lowest BCUT2D eigenvalue weighted by molar-refractivity contribution is -0.136. The average Bonchev–Trinajstić information content (AvgIpc) is 3.27. The van der Waals surface area contributed by atoms with Crippen molar-refractivity contribution < 1.29 is 13.9 Å². The van der Waals surface area contributed by atoms with Gasteiger partial charge in [-0.25, -0.2) is 9.37 Å². The maximum absolute atomic E-state index is 13.6. The molecule has 3 aromatic rings. The molecule has 0 N–H and O–H groups in total. The van der Waals surface area contributed by atoms with Crippen molar-refractivity contribution in [3.8, 4) is 11.4 Å². The van der Waals surface area contributed by atoms with Crippen molar-refractivity contribution in [1.29, 1.82) is 0 Å². The van der Waals surface area contributed by atoms with Gasteiger partial charge in [-0.15, -0.1) is 0 Å². The maximum Gasteiger partial charge on any atom is 0.250 e. The quantitative estimate of drug-likeness (QED) is 0.489. The van der Waals surface area contributed by atoms with Gasteiger partial charge in [0.15, 0.2) is 0 Å². The number of halogens is 1. The van der Waals surface area contributed by atoms with Crippen LogP contribution in [0.3, 0.4) is 0 Å². The molecule has 2 saturated heterocycles. The van der Waals surface area contributed by atoms with Gasteiger partial charge < -0.3 is 14.2 Å². The van der Waals surface area contributed by atoms with Gasteiger partial charge in [0.1, 0.15) is 11.6 Å². The normalized spacial score (nSPS) is 21.8. The molecule has 2 aliphatic rings. The highest BCUT2D eigenvalue weighted by molar-refractivity contribution is 5.99. The minimum Gasteiger partial charge on any atom is -0.495 e. The maximum atomic E-state index is 13.6. The van der Waals surface area contributed by atoms with Crippen LogP contribution in [0.4, 0.5) is 4.39 Å². The minimum absolute atomic E-state index is 0.00180. The van der Waals surface area contributed by atoms with Gasteiger partial charge in [-0.3, -0.25) is 4.79 Å². The van der Waals surface area contributed by atoms with Crippen LogP contribution in [0.5, 0.6) is 5.75 Å². The van der Waals surface area contributed by atoms with Gasteiger partial charge >= 0.3 is 0 Å². The van der Waals surface area contributed by atoms with Crippen LogP contribution >= 0.6 is 0 Å². The Labute approximate surface area is 193 Å². The van der Waals surface area contributed by atoms with Crippen molar-refractivity contribution in [3.05, 3.63) is 83.2 Å². The number of aryl methyl sites for hydroxylation is 1. The summed E-state index contributed by atoms with van der Waals surface area (Å²) in [5, 5.41) is 0. The van der Waals surface area contributed by atoms with E-state index in [0.717, 1.165) is 65.9 Å². The fourth-order valence-electron chi connectivity index (χ4n) is 5.16. The van der Waals surface area contributed by atoms with E-state index in [9.17, 15) is 9.18 Å². The molecule has 170 valence electrons. The molecule has 5 nitrogen and oxygen atoms in total. The van der Waals surface area contributed by atoms with Gasteiger partial charge in [-0.05, 0) is 80.5 Å². The predicted molar refractivity (Wildman–Crippen MR) is 126 cm³/mol. The molecule has 5 rings (SSSR count). The van der Waals surface area contributed by atoms with E-state index in [-0.39, 0.29) is 23.8 Å². The Morgan fingerprint density at radius 1 is 1.12 bits per heavy atom. The van der Waals surface area contributed by atoms with Crippen LogP contribution in [0.2, 0.25) is 0 Å². The SMILES string of the molecule is COc1cc(/C=C2/CC[C@H]3CCCC(c4ccc(F)cc4)N3C2=O)ccc1-n1cnc(C)c1. The molecule has 2 fully saturated rings. The van der Waals surface area contributed by atoms with Crippen molar-refractivity contribution >= 4 is 12.0 Å². The number of methoxy groups -OCH3 is 1. The number of piperidine rings is 2. The van der Waals surface area contributed by atoms with E-state index in [1.165, 1.54) is 12.1 Å². The second kappa shape index (κ2) is 8.85. The van der Waals surface area contributed by atoms with E-state index in [4.69, 9.17) is 4.74 Å². The zero-order valence-corrected chi connectivity index (χ0v) is 19.0. The summed E-state index contributed by atoms with van der Waals surface area (Å²) in [4.78, 5) is 19.9. The van der Waals surface area contributed by atoms with Gasteiger partial charge in [0.2, 0.25) is 0 Å². The molecule has 2 aliphatic heterocycles. The Morgan fingerprint density at radius 3 is 2.67 bits per heavy atom. The van der Waals surface area contributed by atoms with Crippen LogP contribution in [0.25, 0.3) is 11.8 Å². The van der Waals surface area contributed by atoms with E-state index in [1.807, 2.05) is 59.0 Å². The van der Waals surface area contributed by atoms with Gasteiger partial charge in [-0.1, -0.05) is 18.2 Å². The van der Waals surface area contributed by atoms with Crippen molar-refractivity contribution in [2.24, 2.45) is 0 Å². The van der Waals surface area contributed by atoms with Gasteiger partial charge in [-0.2, -0.15) is 0 Å². The highest BCUT2D eigenvalue weighted by atomic mass is 19.1. The molecule has 1 amide bonds. The molecule has 6 heteroatoms. The Kier molecular flexibility index (Phi) is 5.75. The highest BCUT2D eigenvalue weighted by Gasteiger charge is 2.39. The monoisotopic (exact) mass is 445 g/mol. The molecule has 0 bridgehead atoms. The number of hydrogen-bond donors (Lipinski definition) is 0. The molecule has 0 aliphatic carbocycles. The first-order valence-corrected chi connectivity index (χ1v) is 11.5. The minimum atomic E-state index is -0.250. The third kappa shape index (κ3) is 4.17. The number of imidazole rings is 1. The van der Waals surface area contributed by atoms with Crippen LogP contribution in [-0.2, 0) is 4.79 Å². The summed E-state index contributed by atoms with van der Waals surface area (Å²) in [6, 6.07) is 12.8. The number of ether oxygens (including phenoxy) is 1. The zero-order chi connectivity index (χ0) is 22.9. The number of nitrogens with zero attached hydrogens (tertiary/aromatic N) is 3. The number of hydrogen-bond acceptors (Lipinski definition) is 3. The third-order valence-corrected chi connectivity index (χ3v) is 6.79. The first kappa shape index (κ1) is 21.4. The molecule has 33 heavy (non-hydrogen) atoms. The number of carbonyl (C=O) groups is 1. The zero-order valence-electron chi connectivity index (χ0n) is 19.0. The number of benzene rings is 2. The summed E-state index contributed by atoms with van der Waals surface area (Å²) in [5.41, 5.74) is 4.60. The van der Waals surface area contributed by atoms with Crippen LogP contribution in [0.15, 0.2) is 60.6 Å². The van der Waals surface area contributed by atoms with E-state index in [2.05, 4.69) is 4.98 Å². The van der Waals surface area contributed by atoms with Crippen molar-refractivity contribution in [2.45, 2.75) is 51.1 Å². The largest absolute Gasteiger partial charge is 0.495 e. The van der Waals surface area contributed by atoms with Gasteiger partial charge in [0, 0.05) is 17.8 Å². The van der Waals surface area contributed by atoms with Gasteiger partial charge in [0.05, 0.1) is 30.9 Å². The summed E-state index contributed by atoms with van der Waals surface area (Å²) >= 11 is 0. The van der Waals surface area contributed by atoms with Crippen molar-refractivity contribution in [3.63, 3.8) is 0 Å². The third-order valence-electron chi connectivity index (χ3n) is 6.79. The molecule has 1 unspecified atom stereocenters. The number of amides is 1. The standard InChI is InChI=1S/C27H28FN3O2/c1-18-16-30(17-29-18)25-13-6-19(15-26(25)33-2)14-21-9-12-23-4-3-5-24(31(23)27(21)32)20-7-10-22(28)11-8-20/h6-8,10-11,13-17,23-24H,3-5,9,12H2,1-2H3/b21-14-/t23-,24?/m1/s1. The Morgan fingerprint density at radius 2 is 1.94 bits per heavy atom. The Bertz CT molecular complexity index is 1200. The van der Waals surface area contributed by atoms with Gasteiger partial charge in [0.25, 0.3) is 5.91 Å². The molecule has 0 saturated carbocycles. The van der Waals surface area contributed by atoms with E-state index >= 15 is 0 Å². The smallest absolute Gasteiger partial charge is 0.250 e. The van der Waals surface area contributed by atoms with Crippen molar-refractivity contribution in [2.75, 3.05) is 7.11 Å². The molecule has 0 radical (unpaired) electrons. The summed E-state index contributed by atoms with van der Waals surface area (Å²) < 4.78 is 21.0. The van der Waals surface area contributed by atoms with Crippen molar-refractivity contribution in [1.82, 2.24) is 14.5 Å².